The molecule has 2 heterocycles. The number of rotatable bonds is 7. The zero-order valence-corrected chi connectivity index (χ0v) is 16.4. The lowest BCUT2D eigenvalue weighted by atomic mass is 9.99. The van der Waals surface area contributed by atoms with Gasteiger partial charge in [-0.05, 0) is 38.3 Å². The summed E-state index contributed by atoms with van der Waals surface area (Å²) < 4.78 is 5.25. The summed E-state index contributed by atoms with van der Waals surface area (Å²) in [6.45, 7) is 9.12. The SMILES string of the molecule is CCNC(=NCC1CCCN1CCOC)N1CCC(c2ccccc2)C1. The summed E-state index contributed by atoms with van der Waals surface area (Å²) in [4.78, 5) is 9.99. The molecule has 0 aromatic heterocycles. The highest BCUT2D eigenvalue weighted by molar-refractivity contribution is 5.80. The molecule has 0 aliphatic carbocycles. The van der Waals surface area contributed by atoms with Crippen LogP contribution in [0.2, 0.25) is 0 Å². The molecule has 144 valence electrons. The minimum Gasteiger partial charge on any atom is -0.383 e. The summed E-state index contributed by atoms with van der Waals surface area (Å²) in [6.07, 6.45) is 3.73. The first-order chi connectivity index (χ1) is 12.8. The fraction of sp³-hybridized carbons (Fsp3) is 0.667. The van der Waals surface area contributed by atoms with Crippen molar-refractivity contribution in [2.45, 2.75) is 38.1 Å². The van der Waals surface area contributed by atoms with Crippen molar-refractivity contribution in [1.29, 1.82) is 0 Å². The summed E-state index contributed by atoms with van der Waals surface area (Å²) >= 11 is 0. The summed E-state index contributed by atoms with van der Waals surface area (Å²) in [6, 6.07) is 11.5. The van der Waals surface area contributed by atoms with E-state index >= 15 is 0 Å². The lowest BCUT2D eigenvalue weighted by Crippen LogP contribution is -2.41. The van der Waals surface area contributed by atoms with Crippen LogP contribution in [0, 0.1) is 0 Å². The highest BCUT2D eigenvalue weighted by Gasteiger charge is 2.27. The van der Waals surface area contributed by atoms with E-state index < -0.39 is 0 Å². The second-order valence-corrected chi connectivity index (χ2v) is 7.36. The third-order valence-electron chi connectivity index (χ3n) is 5.63. The van der Waals surface area contributed by atoms with Crippen molar-refractivity contribution in [3.05, 3.63) is 35.9 Å². The smallest absolute Gasteiger partial charge is 0.193 e. The van der Waals surface area contributed by atoms with E-state index in [4.69, 9.17) is 9.73 Å². The van der Waals surface area contributed by atoms with Gasteiger partial charge in [0.1, 0.15) is 0 Å². The van der Waals surface area contributed by atoms with Gasteiger partial charge in [-0.15, -0.1) is 0 Å². The van der Waals surface area contributed by atoms with Gasteiger partial charge < -0.3 is 15.0 Å². The molecule has 2 aliphatic heterocycles. The van der Waals surface area contributed by atoms with Crippen LogP contribution in [0.15, 0.2) is 35.3 Å². The molecule has 1 N–H and O–H groups in total. The molecule has 0 spiro atoms. The summed E-state index contributed by atoms with van der Waals surface area (Å²) in [5, 5.41) is 3.51. The minimum absolute atomic E-state index is 0.561. The molecule has 2 fully saturated rings. The number of nitrogens with one attached hydrogen (secondary N) is 1. The Hall–Kier alpha value is -1.59. The summed E-state index contributed by atoms with van der Waals surface area (Å²) in [5.41, 5.74) is 1.45. The fourth-order valence-corrected chi connectivity index (χ4v) is 4.17. The van der Waals surface area contributed by atoms with E-state index in [0.29, 0.717) is 12.0 Å². The molecule has 0 amide bonds. The number of guanidine groups is 1. The number of aliphatic imine (C=N–C) groups is 1. The molecule has 1 aromatic rings. The van der Waals surface area contributed by atoms with Crippen LogP contribution in [-0.2, 0) is 4.74 Å². The van der Waals surface area contributed by atoms with Crippen LogP contribution in [0.3, 0.4) is 0 Å². The van der Waals surface area contributed by atoms with Crippen molar-refractivity contribution in [1.82, 2.24) is 15.1 Å². The molecule has 5 nitrogen and oxygen atoms in total. The van der Waals surface area contributed by atoms with E-state index in [1.54, 1.807) is 7.11 Å². The average molecular weight is 359 g/mol. The van der Waals surface area contributed by atoms with Gasteiger partial charge in [0.05, 0.1) is 13.2 Å². The zero-order valence-electron chi connectivity index (χ0n) is 16.4. The Kier molecular flexibility index (Phi) is 7.32. The minimum atomic E-state index is 0.561. The van der Waals surface area contributed by atoms with Gasteiger partial charge in [0.2, 0.25) is 0 Å². The van der Waals surface area contributed by atoms with Gasteiger partial charge in [0.15, 0.2) is 5.96 Å². The largest absolute Gasteiger partial charge is 0.383 e. The Morgan fingerprint density at radius 2 is 2.08 bits per heavy atom. The molecule has 1 aromatic carbocycles. The van der Waals surface area contributed by atoms with Gasteiger partial charge >= 0.3 is 0 Å². The van der Waals surface area contributed by atoms with Crippen LogP contribution in [0.4, 0.5) is 0 Å². The van der Waals surface area contributed by atoms with Crippen molar-refractivity contribution >= 4 is 5.96 Å². The van der Waals surface area contributed by atoms with Crippen molar-refractivity contribution < 1.29 is 4.74 Å². The first kappa shape index (κ1) is 19.2. The van der Waals surface area contributed by atoms with Crippen LogP contribution >= 0.6 is 0 Å². The second-order valence-electron chi connectivity index (χ2n) is 7.36. The highest BCUT2D eigenvalue weighted by Crippen LogP contribution is 2.27. The molecule has 0 radical (unpaired) electrons. The molecule has 2 unspecified atom stereocenters. The lowest BCUT2D eigenvalue weighted by Gasteiger charge is -2.25. The number of methoxy groups -OCH3 is 1. The molecule has 3 rings (SSSR count). The lowest BCUT2D eigenvalue weighted by molar-refractivity contribution is 0.142. The number of hydrogen-bond acceptors (Lipinski definition) is 3. The predicted octanol–water partition coefficient (Wildman–Crippen LogP) is 2.55. The van der Waals surface area contributed by atoms with Gasteiger partial charge in [0.25, 0.3) is 0 Å². The third kappa shape index (κ3) is 4.98. The summed E-state index contributed by atoms with van der Waals surface area (Å²) in [7, 11) is 1.78. The van der Waals surface area contributed by atoms with Crippen molar-refractivity contribution in [3.8, 4) is 0 Å². The molecule has 0 bridgehead atoms. The molecule has 26 heavy (non-hydrogen) atoms. The quantitative estimate of drug-likeness (QED) is 0.601. The van der Waals surface area contributed by atoms with E-state index in [9.17, 15) is 0 Å². The van der Waals surface area contributed by atoms with Crippen LogP contribution in [0.25, 0.3) is 0 Å². The van der Waals surface area contributed by atoms with E-state index in [-0.39, 0.29) is 0 Å². The first-order valence-electron chi connectivity index (χ1n) is 10.1. The number of benzene rings is 1. The average Bonchev–Trinajstić information content (AvgIpc) is 3.34. The van der Waals surface area contributed by atoms with Gasteiger partial charge in [-0.2, -0.15) is 0 Å². The van der Waals surface area contributed by atoms with E-state index in [1.165, 1.54) is 31.4 Å². The van der Waals surface area contributed by atoms with Crippen LogP contribution in [0.1, 0.15) is 37.7 Å². The Morgan fingerprint density at radius 3 is 2.85 bits per heavy atom. The van der Waals surface area contributed by atoms with Crippen LogP contribution in [0.5, 0.6) is 0 Å². The first-order valence-corrected chi connectivity index (χ1v) is 10.1. The van der Waals surface area contributed by atoms with Crippen LogP contribution < -0.4 is 5.32 Å². The Balaban J connectivity index is 1.59. The van der Waals surface area contributed by atoms with Gasteiger partial charge in [-0.25, -0.2) is 0 Å². The van der Waals surface area contributed by atoms with Crippen molar-refractivity contribution in [2.75, 3.05) is 53.0 Å². The van der Waals surface area contributed by atoms with Crippen molar-refractivity contribution in [2.24, 2.45) is 4.99 Å². The normalized spacial score (nSPS) is 24.4. The van der Waals surface area contributed by atoms with Gasteiger partial charge in [0, 0.05) is 45.2 Å². The Labute approximate surface area is 158 Å². The van der Waals surface area contributed by atoms with Gasteiger partial charge in [-0.1, -0.05) is 30.3 Å². The number of nitrogens with zero attached hydrogens (tertiary/aromatic N) is 3. The predicted molar refractivity (Wildman–Crippen MR) is 108 cm³/mol. The van der Waals surface area contributed by atoms with Gasteiger partial charge in [-0.3, -0.25) is 9.89 Å². The molecular formula is C21H34N4O. The summed E-state index contributed by atoms with van der Waals surface area (Å²) in [5.74, 6) is 1.70. The molecule has 2 saturated heterocycles. The molecule has 5 heteroatoms. The topological polar surface area (TPSA) is 40.1 Å². The number of ether oxygens (including phenoxy) is 1. The Bertz CT molecular complexity index is 562. The Morgan fingerprint density at radius 1 is 1.23 bits per heavy atom. The molecule has 2 atom stereocenters. The third-order valence-corrected chi connectivity index (χ3v) is 5.63. The second kappa shape index (κ2) is 9.93. The molecular weight excluding hydrogens is 324 g/mol. The number of likely N-dealkylation sites (tertiary alicyclic amines) is 2. The maximum atomic E-state index is 5.25. The van der Waals surface area contributed by atoms with E-state index in [0.717, 1.165) is 45.3 Å². The standard InChI is InChI=1S/C21H34N4O/c1-3-22-21(23-16-20-10-7-12-24(20)14-15-26-2)25-13-11-19(17-25)18-8-5-4-6-9-18/h4-6,8-9,19-20H,3,7,10-17H2,1-2H3,(H,22,23). The van der Waals surface area contributed by atoms with Crippen LogP contribution in [-0.4, -0.2) is 74.8 Å². The molecule has 2 aliphatic rings. The molecule has 0 saturated carbocycles. The maximum Gasteiger partial charge on any atom is 0.193 e. The highest BCUT2D eigenvalue weighted by atomic mass is 16.5. The fourth-order valence-electron chi connectivity index (χ4n) is 4.17. The number of hydrogen-bond donors (Lipinski definition) is 1. The van der Waals surface area contributed by atoms with Crippen molar-refractivity contribution in [3.63, 3.8) is 0 Å². The van der Waals surface area contributed by atoms with E-state index in [1.807, 2.05) is 0 Å². The zero-order chi connectivity index (χ0) is 18.2. The monoisotopic (exact) mass is 358 g/mol. The van der Waals surface area contributed by atoms with E-state index in [2.05, 4.69) is 52.4 Å². The maximum absolute atomic E-state index is 5.25.